The minimum atomic E-state index is -3.66. The lowest BCUT2D eigenvalue weighted by Crippen LogP contribution is -2.45. The summed E-state index contributed by atoms with van der Waals surface area (Å²) in [6.07, 6.45) is 0.491. The average molecular weight is 473 g/mol. The van der Waals surface area contributed by atoms with Crippen molar-refractivity contribution >= 4 is 44.7 Å². The molecular weight excluding hydrogens is 448 g/mol. The number of nitrogens with one attached hydrogen (secondary N) is 1. The molecule has 164 valence electrons. The van der Waals surface area contributed by atoms with E-state index in [0.29, 0.717) is 17.0 Å². The zero-order valence-electron chi connectivity index (χ0n) is 16.6. The topological polar surface area (TPSA) is 148 Å². The number of thiophene rings is 1. The van der Waals surface area contributed by atoms with Crippen molar-refractivity contribution in [2.75, 3.05) is 0 Å². The van der Waals surface area contributed by atoms with E-state index in [9.17, 15) is 18.9 Å². The molecule has 0 fully saturated rings. The molecule has 0 aliphatic rings. The van der Waals surface area contributed by atoms with E-state index in [1.807, 2.05) is 13.8 Å². The fourth-order valence-electron chi connectivity index (χ4n) is 2.55. The summed E-state index contributed by atoms with van der Waals surface area (Å²) in [6, 6.07) is 5.58. The average Bonchev–Trinajstić information content (AvgIpc) is 3.10. The lowest BCUT2D eigenvalue weighted by Gasteiger charge is -2.16. The van der Waals surface area contributed by atoms with E-state index in [0.717, 1.165) is 11.3 Å². The van der Waals surface area contributed by atoms with E-state index in [1.165, 1.54) is 23.6 Å². The van der Waals surface area contributed by atoms with Gasteiger partial charge in [0.1, 0.15) is 9.96 Å². The predicted octanol–water partition coefficient (Wildman–Crippen LogP) is 2.44. The van der Waals surface area contributed by atoms with Crippen LogP contribution in [-0.2, 0) is 25.9 Å². The molecule has 0 aliphatic carbocycles. The van der Waals surface area contributed by atoms with Crippen molar-refractivity contribution in [3.05, 3.63) is 46.3 Å². The first-order valence-electron chi connectivity index (χ1n) is 9.16. The van der Waals surface area contributed by atoms with Crippen LogP contribution in [0.25, 0.3) is 0 Å². The lowest BCUT2D eigenvalue weighted by atomic mass is 10.0. The van der Waals surface area contributed by atoms with Crippen LogP contribution in [0.5, 0.6) is 5.75 Å². The summed E-state index contributed by atoms with van der Waals surface area (Å²) in [5.74, 6) is -1.29. The van der Waals surface area contributed by atoms with Gasteiger partial charge in [-0.1, -0.05) is 37.6 Å². The Bertz CT molecular complexity index is 1010. The second-order valence-electron chi connectivity index (χ2n) is 7.22. The van der Waals surface area contributed by atoms with E-state index in [-0.39, 0.29) is 22.3 Å². The third-order valence-electron chi connectivity index (χ3n) is 4.04. The Morgan fingerprint density at radius 2 is 1.87 bits per heavy atom. The van der Waals surface area contributed by atoms with Crippen LogP contribution in [0.15, 0.2) is 44.3 Å². The number of carbonyl (C=O) groups is 2. The van der Waals surface area contributed by atoms with Crippen LogP contribution in [0.1, 0.15) is 25.8 Å². The van der Waals surface area contributed by atoms with Gasteiger partial charge in [0.15, 0.2) is 9.92 Å². The van der Waals surface area contributed by atoms with Gasteiger partial charge in [0.05, 0.1) is 17.1 Å². The van der Waals surface area contributed by atoms with Crippen molar-refractivity contribution in [3.8, 4) is 5.75 Å². The molecule has 1 aromatic carbocycles. The quantitative estimate of drug-likeness (QED) is 0.463. The number of aromatic hydroxyl groups is 1. The van der Waals surface area contributed by atoms with Crippen LogP contribution in [0, 0.1) is 5.92 Å². The van der Waals surface area contributed by atoms with Crippen molar-refractivity contribution in [3.63, 3.8) is 0 Å². The van der Waals surface area contributed by atoms with Gasteiger partial charge in [0.2, 0.25) is 5.91 Å². The molecule has 30 heavy (non-hydrogen) atoms. The van der Waals surface area contributed by atoms with Crippen molar-refractivity contribution in [1.82, 2.24) is 4.72 Å². The highest BCUT2D eigenvalue weighted by atomic mass is 35.5. The molecule has 2 aromatic rings. The number of halogens is 1. The molecule has 0 spiro atoms. The molecule has 1 unspecified atom stereocenters. The molecule has 0 saturated carbocycles. The molecule has 0 radical (unpaired) electrons. The summed E-state index contributed by atoms with van der Waals surface area (Å²) in [6.45, 7) is 3.79. The SMILES string of the molecule is CC(C)C[C@H](N)C(=O)N=S(=O)(NC(=O)[C@H](N)Cc1ccc(O)cc1)c1cc(Cl)cs1. The number of rotatable bonds is 8. The molecular formula is C19H25ClN4O4S2. The van der Waals surface area contributed by atoms with E-state index in [2.05, 4.69) is 9.08 Å². The molecule has 0 aliphatic heterocycles. The first-order chi connectivity index (χ1) is 14.0. The largest absolute Gasteiger partial charge is 0.508 e. The summed E-state index contributed by atoms with van der Waals surface area (Å²) < 4.78 is 19.7. The fourth-order valence-corrected chi connectivity index (χ4v) is 5.65. The predicted molar refractivity (Wildman–Crippen MR) is 119 cm³/mol. The third kappa shape index (κ3) is 6.78. The molecule has 6 N–H and O–H groups in total. The Kier molecular flexibility index (Phi) is 8.39. The number of phenolic OH excluding ortho intramolecular Hbond substituents is 1. The normalized spacial score (nSPS) is 15.3. The van der Waals surface area contributed by atoms with Gasteiger partial charge in [-0.05, 0) is 42.5 Å². The number of hydrogen-bond acceptors (Lipinski definition) is 7. The number of carbonyl (C=O) groups excluding carboxylic acids is 2. The summed E-state index contributed by atoms with van der Waals surface area (Å²) in [7, 11) is -3.66. The van der Waals surface area contributed by atoms with E-state index < -0.39 is 33.8 Å². The number of benzene rings is 1. The zero-order valence-corrected chi connectivity index (χ0v) is 19.0. The van der Waals surface area contributed by atoms with Gasteiger partial charge in [-0.15, -0.1) is 15.7 Å². The molecule has 8 nitrogen and oxygen atoms in total. The van der Waals surface area contributed by atoms with Crippen molar-refractivity contribution in [2.24, 2.45) is 21.7 Å². The smallest absolute Gasteiger partial charge is 0.272 e. The second kappa shape index (κ2) is 10.4. The van der Waals surface area contributed by atoms with Gasteiger partial charge >= 0.3 is 0 Å². The van der Waals surface area contributed by atoms with Gasteiger partial charge in [0.25, 0.3) is 5.91 Å². The van der Waals surface area contributed by atoms with Gasteiger partial charge < -0.3 is 16.6 Å². The van der Waals surface area contributed by atoms with E-state index >= 15 is 0 Å². The fraction of sp³-hybridized carbons (Fsp3) is 0.368. The highest BCUT2D eigenvalue weighted by Crippen LogP contribution is 2.25. The first-order valence-corrected chi connectivity index (χ1v) is 11.9. The molecule has 0 bridgehead atoms. The summed E-state index contributed by atoms with van der Waals surface area (Å²) >= 11 is 6.94. The van der Waals surface area contributed by atoms with E-state index in [4.69, 9.17) is 23.1 Å². The number of amides is 2. The Hall–Kier alpha value is -1.98. The zero-order chi connectivity index (χ0) is 22.5. The lowest BCUT2D eigenvalue weighted by molar-refractivity contribution is -0.120. The summed E-state index contributed by atoms with van der Waals surface area (Å²) in [4.78, 5) is 25.1. The third-order valence-corrected chi connectivity index (χ3v) is 7.66. The van der Waals surface area contributed by atoms with Crippen LogP contribution in [0.3, 0.4) is 0 Å². The molecule has 1 aromatic heterocycles. The highest BCUT2D eigenvalue weighted by Gasteiger charge is 2.26. The summed E-state index contributed by atoms with van der Waals surface area (Å²) in [5.41, 5.74) is 12.5. The number of phenols is 1. The Morgan fingerprint density at radius 1 is 1.23 bits per heavy atom. The molecule has 2 rings (SSSR count). The minimum Gasteiger partial charge on any atom is -0.508 e. The second-order valence-corrected chi connectivity index (χ2v) is 10.7. The van der Waals surface area contributed by atoms with Crippen LogP contribution < -0.4 is 16.2 Å². The molecule has 0 saturated heterocycles. The van der Waals surface area contributed by atoms with Crippen molar-refractivity contribution < 1.29 is 18.9 Å². The standard InChI is InChI=1S/C19H25ClN4O4S2/c1-11(2)7-15(21)18(26)23-30(28,17-9-13(20)10-29-17)24-19(27)16(22)8-12-3-5-14(25)6-4-12/h3-6,9-11,15-16,25H,7-8,21-22H2,1-2H3,(H,23,24,26,27,28)/t15-,16+,30?/m0/s1. The van der Waals surface area contributed by atoms with Gasteiger partial charge in [-0.3, -0.25) is 14.3 Å². The maximum Gasteiger partial charge on any atom is 0.272 e. The van der Waals surface area contributed by atoms with Gasteiger partial charge in [0, 0.05) is 5.38 Å². The van der Waals surface area contributed by atoms with Gasteiger partial charge in [-0.25, -0.2) is 4.21 Å². The molecule has 11 heteroatoms. The number of nitrogens with two attached hydrogens (primary N) is 2. The van der Waals surface area contributed by atoms with Crippen molar-refractivity contribution in [2.45, 2.75) is 43.0 Å². The van der Waals surface area contributed by atoms with Crippen LogP contribution in [0.4, 0.5) is 0 Å². The minimum absolute atomic E-state index is 0.0874. The van der Waals surface area contributed by atoms with Crippen LogP contribution in [-0.4, -0.2) is 33.2 Å². The molecule has 2 amide bonds. The maximum absolute atomic E-state index is 13.5. The van der Waals surface area contributed by atoms with Crippen molar-refractivity contribution in [1.29, 1.82) is 0 Å². The molecule has 1 heterocycles. The highest BCUT2D eigenvalue weighted by molar-refractivity contribution is 7.94. The van der Waals surface area contributed by atoms with Crippen LogP contribution in [0.2, 0.25) is 5.02 Å². The Labute approximate surface area is 184 Å². The Balaban J connectivity index is 2.27. The summed E-state index contributed by atoms with van der Waals surface area (Å²) in [5, 5.41) is 11.2. The number of nitrogens with zero attached hydrogens (tertiary/aromatic N) is 1. The first kappa shape index (κ1) is 24.3. The van der Waals surface area contributed by atoms with Crippen LogP contribution >= 0.6 is 22.9 Å². The maximum atomic E-state index is 13.5. The number of hydrogen-bond donors (Lipinski definition) is 4. The van der Waals surface area contributed by atoms with E-state index in [1.54, 1.807) is 12.1 Å². The van der Waals surface area contributed by atoms with Gasteiger partial charge in [-0.2, -0.15) is 0 Å². The Morgan fingerprint density at radius 3 is 2.40 bits per heavy atom. The molecule has 3 atom stereocenters. The monoisotopic (exact) mass is 472 g/mol.